The second kappa shape index (κ2) is 12.2. The number of esters is 2. The number of hydrogen-bond donors (Lipinski definition) is 0. The average Bonchev–Trinajstić information content (AvgIpc) is 3.02. The van der Waals surface area contributed by atoms with Crippen LogP contribution in [0.1, 0.15) is 74.4 Å². The molecule has 0 saturated heterocycles. The number of aryl methyl sites for hydroxylation is 2. The van der Waals surface area contributed by atoms with Crippen LogP contribution in [-0.4, -0.2) is 26.2 Å². The summed E-state index contributed by atoms with van der Waals surface area (Å²) < 4.78 is 10.6. The summed E-state index contributed by atoms with van der Waals surface area (Å²) in [5.41, 5.74) is 8.65. The Morgan fingerprint density at radius 2 is 1.14 bits per heavy atom. The molecular weight excluding hydrogens is 520 g/mol. The van der Waals surface area contributed by atoms with Crippen LogP contribution in [0.15, 0.2) is 84.9 Å². The fourth-order valence-electron chi connectivity index (χ4n) is 5.63. The summed E-state index contributed by atoms with van der Waals surface area (Å²) in [4.78, 5) is 26.6. The molecule has 4 nitrogen and oxygen atoms in total. The Labute approximate surface area is 247 Å². The highest BCUT2D eigenvalue weighted by Gasteiger charge is 2.43. The molecule has 42 heavy (non-hydrogen) atoms. The lowest BCUT2D eigenvalue weighted by Crippen LogP contribution is -2.32. The van der Waals surface area contributed by atoms with E-state index in [1.54, 1.807) is 0 Å². The van der Waals surface area contributed by atoms with E-state index in [1.807, 2.05) is 106 Å². The fraction of sp³-hybridized carbons (Fsp3) is 0.211. The van der Waals surface area contributed by atoms with Crippen molar-refractivity contribution in [2.45, 2.75) is 32.6 Å². The molecule has 0 fully saturated rings. The van der Waals surface area contributed by atoms with Gasteiger partial charge < -0.3 is 9.47 Å². The smallest absolute Gasteiger partial charge is 0.317 e. The Hall–Kier alpha value is -5.06. The third kappa shape index (κ3) is 5.58. The van der Waals surface area contributed by atoms with Gasteiger partial charge in [0.25, 0.3) is 0 Å². The first-order chi connectivity index (χ1) is 20.3. The Kier molecular flexibility index (Phi) is 8.28. The normalized spacial score (nSPS) is 15.5. The van der Waals surface area contributed by atoms with Crippen molar-refractivity contribution in [1.29, 1.82) is 0 Å². The minimum atomic E-state index is -0.731. The molecule has 0 aliphatic heterocycles. The van der Waals surface area contributed by atoms with Gasteiger partial charge in [0, 0.05) is 28.2 Å². The SMILES string of the molecule is COC(=O)C(C)C1c2ccccc2[C@@H](C(=O)OC)c2c(C#Cc3ccc(C)cc3)ccc(C#Cc3ccc(C)cc3)c21. The first kappa shape index (κ1) is 28.5. The van der Waals surface area contributed by atoms with Crippen LogP contribution < -0.4 is 0 Å². The Morgan fingerprint density at radius 3 is 1.64 bits per heavy atom. The number of rotatable bonds is 3. The number of hydrogen-bond acceptors (Lipinski definition) is 4. The summed E-state index contributed by atoms with van der Waals surface area (Å²) in [5.74, 6) is 10.8. The molecule has 0 bridgehead atoms. The van der Waals surface area contributed by atoms with E-state index in [0.717, 1.165) is 50.1 Å². The predicted octanol–water partition coefficient (Wildman–Crippen LogP) is 6.66. The van der Waals surface area contributed by atoms with Gasteiger partial charge in [-0.3, -0.25) is 9.59 Å². The maximum absolute atomic E-state index is 13.5. The molecule has 0 saturated carbocycles. The molecule has 4 aromatic carbocycles. The van der Waals surface area contributed by atoms with Gasteiger partial charge in [0.2, 0.25) is 0 Å². The third-order valence-corrected chi connectivity index (χ3v) is 7.82. The predicted molar refractivity (Wildman–Crippen MR) is 164 cm³/mol. The Balaban J connectivity index is 1.82. The highest BCUT2D eigenvalue weighted by molar-refractivity contribution is 5.88. The lowest BCUT2D eigenvalue weighted by molar-refractivity contribution is -0.145. The van der Waals surface area contributed by atoms with Gasteiger partial charge in [-0.15, -0.1) is 0 Å². The van der Waals surface area contributed by atoms with E-state index in [4.69, 9.17) is 9.47 Å². The quantitative estimate of drug-likeness (QED) is 0.211. The molecule has 5 rings (SSSR count). The van der Waals surface area contributed by atoms with E-state index in [-0.39, 0.29) is 5.97 Å². The summed E-state index contributed by atoms with van der Waals surface area (Å²) in [6.45, 7) is 5.93. The van der Waals surface area contributed by atoms with Crippen LogP contribution in [0.5, 0.6) is 0 Å². The molecular formula is C38H32O4. The molecule has 0 N–H and O–H groups in total. The topological polar surface area (TPSA) is 52.6 Å². The van der Waals surface area contributed by atoms with Crippen molar-refractivity contribution in [2.75, 3.05) is 14.2 Å². The molecule has 208 valence electrons. The molecule has 2 unspecified atom stereocenters. The average molecular weight is 553 g/mol. The minimum absolute atomic E-state index is 0.342. The van der Waals surface area contributed by atoms with Gasteiger partial charge >= 0.3 is 11.9 Å². The van der Waals surface area contributed by atoms with Crippen LogP contribution >= 0.6 is 0 Å². The maximum atomic E-state index is 13.5. The summed E-state index contributed by atoms with van der Waals surface area (Å²) in [6.07, 6.45) is 0. The van der Waals surface area contributed by atoms with Gasteiger partial charge in [0.05, 0.1) is 20.1 Å². The zero-order chi connectivity index (χ0) is 29.8. The number of ether oxygens (including phenoxy) is 2. The van der Waals surface area contributed by atoms with Gasteiger partial charge in [0.15, 0.2) is 0 Å². The first-order valence-electron chi connectivity index (χ1n) is 13.9. The van der Waals surface area contributed by atoms with E-state index in [2.05, 4.69) is 23.7 Å². The van der Waals surface area contributed by atoms with E-state index < -0.39 is 23.7 Å². The highest BCUT2D eigenvalue weighted by atomic mass is 16.5. The second-order valence-corrected chi connectivity index (χ2v) is 10.6. The maximum Gasteiger partial charge on any atom is 0.317 e. The molecule has 0 amide bonds. The lowest BCUT2D eigenvalue weighted by Gasteiger charge is -2.36. The first-order valence-corrected chi connectivity index (χ1v) is 13.9. The standard InChI is InChI=1S/C38H32O4/c1-24-10-14-27(15-11-24)18-20-29-22-23-30(21-19-28-16-12-25(2)13-17-28)35-34(29)33(26(3)37(39)41-4)31-8-6-7-9-32(31)36(35)38(40)42-5/h6-17,22-23,26,33,36H,1-5H3/t26?,33?,36-/m1/s1. The molecule has 3 atom stereocenters. The van der Waals surface area contributed by atoms with Gasteiger partial charge in [-0.1, -0.05) is 90.3 Å². The zero-order valence-corrected chi connectivity index (χ0v) is 24.4. The molecule has 0 heterocycles. The summed E-state index contributed by atoms with van der Waals surface area (Å²) in [7, 11) is 2.79. The van der Waals surface area contributed by atoms with Crippen molar-refractivity contribution < 1.29 is 19.1 Å². The largest absolute Gasteiger partial charge is 0.469 e. The molecule has 0 spiro atoms. The molecule has 0 aromatic heterocycles. The molecule has 1 aliphatic rings. The van der Waals surface area contributed by atoms with Crippen LogP contribution in [-0.2, 0) is 19.1 Å². The zero-order valence-electron chi connectivity index (χ0n) is 24.4. The molecule has 1 aliphatic carbocycles. The third-order valence-electron chi connectivity index (χ3n) is 7.82. The number of benzene rings is 4. The molecule has 4 aromatic rings. The van der Waals surface area contributed by atoms with Crippen molar-refractivity contribution in [2.24, 2.45) is 5.92 Å². The number of carbonyl (C=O) groups excluding carboxylic acids is 2. The monoisotopic (exact) mass is 552 g/mol. The number of methoxy groups -OCH3 is 2. The van der Waals surface area contributed by atoms with Crippen molar-refractivity contribution >= 4 is 11.9 Å². The van der Waals surface area contributed by atoms with E-state index in [9.17, 15) is 9.59 Å². The summed E-state index contributed by atoms with van der Waals surface area (Å²) >= 11 is 0. The van der Waals surface area contributed by atoms with Gasteiger partial charge in [0.1, 0.15) is 5.92 Å². The number of fused-ring (bicyclic) bond motifs is 2. The Morgan fingerprint density at radius 1 is 0.643 bits per heavy atom. The lowest BCUT2D eigenvalue weighted by atomic mass is 9.66. The number of carbonyl (C=O) groups is 2. The van der Waals surface area contributed by atoms with E-state index in [0.29, 0.717) is 5.56 Å². The summed E-state index contributed by atoms with van der Waals surface area (Å²) in [6, 6.07) is 27.6. The van der Waals surface area contributed by atoms with Crippen LogP contribution in [0.25, 0.3) is 0 Å². The fourth-order valence-corrected chi connectivity index (χ4v) is 5.63. The van der Waals surface area contributed by atoms with Gasteiger partial charge in [-0.2, -0.15) is 0 Å². The van der Waals surface area contributed by atoms with Gasteiger partial charge in [-0.25, -0.2) is 0 Å². The molecule has 0 radical (unpaired) electrons. The second-order valence-electron chi connectivity index (χ2n) is 10.6. The summed E-state index contributed by atoms with van der Waals surface area (Å²) in [5, 5.41) is 0. The molecule has 4 heteroatoms. The van der Waals surface area contributed by atoms with E-state index in [1.165, 1.54) is 14.2 Å². The van der Waals surface area contributed by atoms with Crippen molar-refractivity contribution in [3.8, 4) is 23.7 Å². The van der Waals surface area contributed by atoms with E-state index >= 15 is 0 Å². The van der Waals surface area contributed by atoms with Crippen molar-refractivity contribution in [1.82, 2.24) is 0 Å². The minimum Gasteiger partial charge on any atom is -0.469 e. The Bertz CT molecular complexity index is 1770. The van der Waals surface area contributed by atoms with Crippen molar-refractivity contribution in [3.05, 3.63) is 141 Å². The van der Waals surface area contributed by atoms with Crippen LogP contribution in [0, 0.1) is 43.4 Å². The van der Waals surface area contributed by atoms with Crippen LogP contribution in [0.2, 0.25) is 0 Å². The van der Waals surface area contributed by atoms with Gasteiger partial charge in [-0.05, 0) is 72.5 Å². The van der Waals surface area contributed by atoms with Crippen LogP contribution in [0.4, 0.5) is 0 Å². The van der Waals surface area contributed by atoms with Crippen LogP contribution in [0.3, 0.4) is 0 Å². The van der Waals surface area contributed by atoms with Crippen molar-refractivity contribution in [3.63, 3.8) is 0 Å². The highest BCUT2D eigenvalue weighted by Crippen LogP contribution is 2.49.